The van der Waals surface area contributed by atoms with Crippen LogP contribution in [-0.2, 0) is 0 Å². The molecule has 0 aliphatic heterocycles. The predicted octanol–water partition coefficient (Wildman–Crippen LogP) is 5.86. The highest BCUT2D eigenvalue weighted by atomic mass is 14.9. The summed E-state index contributed by atoms with van der Waals surface area (Å²) in [6, 6.07) is 27.7. The number of fused-ring (bicyclic) bond motifs is 8. The minimum Gasteiger partial charge on any atom is -0.307 e. The summed E-state index contributed by atoms with van der Waals surface area (Å²) in [6.07, 6.45) is 0. The maximum absolute atomic E-state index is 9.65. The molecule has 0 aliphatic rings. The molecule has 0 amide bonds. The molecule has 0 unspecified atom stereocenters. The zero-order valence-electron chi connectivity index (χ0n) is 13.3. The molecule has 6 aromatic rings. The van der Waals surface area contributed by atoms with Crippen molar-refractivity contribution in [1.29, 1.82) is 5.26 Å². The summed E-state index contributed by atoms with van der Waals surface area (Å²) < 4.78 is 2.28. The van der Waals surface area contributed by atoms with Crippen LogP contribution in [0.2, 0.25) is 0 Å². The lowest BCUT2D eigenvalue weighted by molar-refractivity contribution is 1.36. The molecular formula is C23H12N2. The van der Waals surface area contributed by atoms with Crippen LogP contribution in [0, 0.1) is 11.3 Å². The highest BCUT2D eigenvalue weighted by Crippen LogP contribution is 2.42. The van der Waals surface area contributed by atoms with E-state index in [2.05, 4.69) is 71.1 Å². The summed E-state index contributed by atoms with van der Waals surface area (Å²) >= 11 is 0. The Morgan fingerprint density at radius 2 is 1.36 bits per heavy atom. The van der Waals surface area contributed by atoms with E-state index < -0.39 is 0 Å². The van der Waals surface area contributed by atoms with E-state index in [0.717, 1.165) is 16.5 Å². The van der Waals surface area contributed by atoms with Crippen LogP contribution in [0.1, 0.15) is 5.56 Å². The van der Waals surface area contributed by atoms with Crippen molar-refractivity contribution in [2.75, 3.05) is 0 Å². The van der Waals surface area contributed by atoms with Gasteiger partial charge < -0.3 is 4.40 Å². The van der Waals surface area contributed by atoms with Gasteiger partial charge in [-0.1, -0.05) is 60.7 Å². The Bertz CT molecular complexity index is 1500. The Hall–Kier alpha value is -3.57. The Balaban J connectivity index is 2.07. The molecule has 2 nitrogen and oxygen atoms in total. The zero-order valence-corrected chi connectivity index (χ0v) is 13.3. The first-order valence-corrected chi connectivity index (χ1v) is 8.37. The second-order valence-corrected chi connectivity index (χ2v) is 6.53. The SMILES string of the molecule is N#Cc1cccc2c3cccc4c5c6ccccc6ccc5n(c12)c34. The number of nitriles is 1. The van der Waals surface area contributed by atoms with Crippen LogP contribution < -0.4 is 0 Å². The molecule has 2 heterocycles. The van der Waals surface area contributed by atoms with Crippen LogP contribution in [0.25, 0.3) is 48.9 Å². The van der Waals surface area contributed by atoms with Gasteiger partial charge in [-0.25, -0.2) is 0 Å². The molecule has 0 spiro atoms. The van der Waals surface area contributed by atoms with E-state index in [-0.39, 0.29) is 0 Å². The van der Waals surface area contributed by atoms with E-state index in [9.17, 15) is 5.26 Å². The normalized spacial score (nSPS) is 12.0. The predicted molar refractivity (Wildman–Crippen MR) is 103 cm³/mol. The molecule has 2 heteroatoms. The number of rotatable bonds is 0. The molecule has 0 saturated carbocycles. The van der Waals surface area contributed by atoms with Gasteiger partial charge in [0.1, 0.15) is 6.07 Å². The number of aromatic nitrogens is 1. The van der Waals surface area contributed by atoms with Gasteiger partial charge in [-0.15, -0.1) is 0 Å². The Morgan fingerprint density at radius 3 is 2.24 bits per heavy atom. The average molecular weight is 316 g/mol. The van der Waals surface area contributed by atoms with E-state index in [1.54, 1.807) is 0 Å². The maximum Gasteiger partial charge on any atom is 0.101 e. The molecule has 0 atom stereocenters. The molecule has 0 fully saturated rings. The van der Waals surface area contributed by atoms with Gasteiger partial charge in [-0.2, -0.15) is 5.26 Å². The molecule has 0 radical (unpaired) electrons. The van der Waals surface area contributed by atoms with Crippen LogP contribution in [0.3, 0.4) is 0 Å². The van der Waals surface area contributed by atoms with Crippen molar-refractivity contribution in [2.45, 2.75) is 0 Å². The minimum atomic E-state index is 0.723. The first kappa shape index (κ1) is 12.8. The average Bonchev–Trinajstić information content (AvgIpc) is 3.19. The summed E-state index contributed by atoms with van der Waals surface area (Å²) in [5, 5.41) is 17.0. The quantitative estimate of drug-likeness (QED) is 0.345. The van der Waals surface area contributed by atoms with Crippen LogP contribution in [0.15, 0.2) is 72.8 Å². The van der Waals surface area contributed by atoms with Crippen LogP contribution in [0.4, 0.5) is 0 Å². The molecule has 0 bridgehead atoms. The van der Waals surface area contributed by atoms with Crippen molar-refractivity contribution in [3.05, 3.63) is 78.4 Å². The number of benzene rings is 4. The fourth-order valence-electron chi connectivity index (χ4n) is 4.38. The lowest BCUT2D eigenvalue weighted by Crippen LogP contribution is -1.85. The molecule has 0 aliphatic carbocycles. The minimum absolute atomic E-state index is 0.723. The maximum atomic E-state index is 9.65. The van der Waals surface area contributed by atoms with Crippen molar-refractivity contribution in [2.24, 2.45) is 0 Å². The van der Waals surface area contributed by atoms with Crippen molar-refractivity contribution in [3.63, 3.8) is 0 Å². The number of hydrogen-bond donors (Lipinski definition) is 0. The fourth-order valence-corrected chi connectivity index (χ4v) is 4.38. The van der Waals surface area contributed by atoms with Gasteiger partial charge in [0.2, 0.25) is 0 Å². The molecule has 0 saturated heterocycles. The van der Waals surface area contributed by atoms with E-state index in [4.69, 9.17) is 0 Å². The largest absolute Gasteiger partial charge is 0.307 e. The molecular weight excluding hydrogens is 304 g/mol. The molecule has 114 valence electrons. The van der Waals surface area contributed by atoms with Gasteiger partial charge in [0, 0.05) is 21.5 Å². The van der Waals surface area contributed by atoms with Gasteiger partial charge in [-0.05, 0) is 22.9 Å². The molecule has 25 heavy (non-hydrogen) atoms. The van der Waals surface area contributed by atoms with Gasteiger partial charge in [0.15, 0.2) is 0 Å². The van der Waals surface area contributed by atoms with E-state index in [1.165, 1.54) is 38.0 Å². The fraction of sp³-hybridized carbons (Fsp3) is 0. The van der Waals surface area contributed by atoms with Crippen molar-refractivity contribution in [3.8, 4) is 6.07 Å². The van der Waals surface area contributed by atoms with Crippen LogP contribution >= 0.6 is 0 Å². The first-order valence-electron chi connectivity index (χ1n) is 8.37. The smallest absolute Gasteiger partial charge is 0.101 e. The molecule has 6 rings (SSSR count). The topological polar surface area (TPSA) is 28.2 Å². The second kappa shape index (κ2) is 4.28. The van der Waals surface area contributed by atoms with Crippen molar-refractivity contribution >= 4 is 48.9 Å². The van der Waals surface area contributed by atoms with E-state index >= 15 is 0 Å². The van der Waals surface area contributed by atoms with Gasteiger partial charge >= 0.3 is 0 Å². The summed E-state index contributed by atoms with van der Waals surface area (Å²) in [5.74, 6) is 0. The van der Waals surface area contributed by atoms with Crippen LogP contribution in [-0.4, -0.2) is 4.40 Å². The summed E-state index contributed by atoms with van der Waals surface area (Å²) in [6.45, 7) is 0. The Labute approximate surface area is 143 Å². The summed E-state index contributed by atoms with van der Waals surface area (Å²) in [7, 11) is 0. The number of para-hydroxylation sites is 2. The van der Waals surface area contributed by atoms with E-state index in [1.807, 2.05) is 12.1 Å². The van der Waals surface area contributed by atoms with Crippen LogP contribution in [0.5, 0.6) is 0 Å². The van der Waals surface area contributed by atoms with Gasteiger partial charge in [-0.3, -0.25) is 0 Å². The van der Waals surface area contributed by atoms with Gasteiger partial charge in [0.25, 0.3) is 0 Å². The standard InChI is InChI=1S/C23H12N2/c24-13-15-6-3-8-17-18-9-4-10-19-21-16-7-2-1-5-14(16)11-12-20(21)25(22(15)17)23(18)19/h1-12H. The molecule has 2 aromatic heterocycles. The highest BCUT2D eigenvalue weighted by molar-refractivity contribution is 6.28. The Morgan fingerprint density at radius 1 is 0.640 bits per heavy atom. The summed E-state index contributed by atoms with van der Waals surface area (Å²) in [5.41, 5.74) is 4.12. The van der Waals surface area contributed by atoms with Crippen molar-refractivity contribution in [1.82, 2.24) is 4.40 Å². The third-order valence-corrected chi connectivity index (χ3v) is 5.35. The summed E-state index contributed by atoms with van der Waals surface area (Å²) in [4.78, 5) is 0. The van der Waals surface area contributed by atoms with Crippen molar-refractivity contribution < 1.29 is 0 Å². The molecule has 4 aromatic carbocycles. The third-order valence-electron chi connectivity index (χ3n) is 5.35. The lowest BCUT2D eigenvalue weighted by atomic mass is 10.0. The third kappa shape index (κ3) is 1.40. The lowest BCUT2D eigenvalue weighted by Gasteiger charge is -2.03. The number of hydrogen-bond acceptors (Lipinski definition) is 1. The highest BCUT2D eigenvalue weighted by Gasteiger charge is 2.19. The second-order valence-electron chi connectivity index (χ2n) is 6.53. The zero-order chi connectivity index (χ0) is 16.5. The molecule has 0 N–H and O–H groups in total. The van der Waals surface area contributed by atoms with E-state index in [0.29, 0.717) is 0 Å². The van der Waals surface area contributed by atoms with Gasteiger partial charge in [0.05, 0.1) is 22.1 Å². The number of nitrogens with zero attached hydrogens (tertiary/aromatic N) is 2. The Kier molecular flexibility index (Phi) is 2.19. The monoisotopic (exact) mass is 316 g/mol. The first-order chi connectivity index (χ1) is 12.4.